The van der Waals surface area contributed by atoms with Crippen LogP contribution in [0.5, 0.6) is 5.75 Å². The van der Waals surface area contributed by atoms with Crippen molar-refractivity contribution in [3.05, 3.63) is 29.8 Å². The lowest BCUT2D eigenvalue weighted by molar-refractivity contribution is -0.129. The largest absolute Gasteiger partial charge is 0.435 e. The molecule has 0 bridgehead atoms. The zero-order chi connectivity index (χ0) is 13.5. The van der Waals surface area contributed by atoms with Gasteiger partial charge in [0.05, 0.1) is 0 Å². The van der Waals surface area contributed by atoms with E-state index in [1.807, 2.05) is 0 Å². The van der Waals surface area contributed by atoms with Crippen LogP contribution in [0.3, 0.4) is 0 Å². The zero-order valence-electron chi connectivity index (χ0n) is 9.91. The second kappa shape index (κ2) is 7.31. The van der Waals surface area contributed by atoms with Gasteiger partial charge in [-0.25, -0.2) is 0 Å². The van der Waals surface area contributed by atoms with Crippen LogP contribution < -0.4 is 4.74 Å². The highest BCUT2D eigenvalue weighted by Gasteiger charge is 2.09. The molecule has 0 radical (unpaired) electrons. The van der Waals surface area contributed by atoms with E-state index in [9.17, 15) is 13.6 Å². The molecular formula is C12H14BrF2NO2. The van der Waals surface area contributed by atoms with Crippen molar-refractivity contribution >= 4 is 21.8 Å². The Morgan fingerprint density at radius 3 is 2.50 bits per heavy atom. The van der Waals surface area contributed by atoms with Gasteiger partial charge in [0, 0.05) is 25.3 Å². The van der Waals surface area contributed by atoms with E-state index < -0.39 is 6.61 Å². The van der Waals surface area contributed by atoms with Crippen LogP contribution in [-0.2, 0) is 11.3 Å². The van der Waals surface area contributed by atoms with Crippen LogP contribution in [-0.4, -0.2) is 29.8 Å². The number of nitrogens with zero attached hydrogens (tertiary/aromatic N) is 1. The maximum absolute atomic E-state index is 11.9. The summed E-state index contributed by atoms with van der Waals surface area (Å²) in [5.74, 6) is 0.142. The van der Waals surface area contributed by atoms with Crippen molar-refractivity contribution in [2.45, 2.75) is 19.6 Å². The molecule has 1 amide bonds. The van der Waals surface area contributed by atoms with Crippen molar-refractivity contribution < 1.29 is 18.3 Å². The highest BCUT2D eigenvalue weighted by atomic mass is 79.9. The summed E-state index contributed by atoms with van der Waals surface area (Å²) >= 11 is 3.20. The van der Waals surface area contributed by atoms with Gasteiger partial charge in [-0.15, -0.1) is 0 Å². The predicted molar refractivity (Wildman–Crippen MR) is 68.0 cm³/mol. The molecule has 1 rings (SSSR count). The van der Waals surface area contributed by atoms with Gasteiger partial charge in [-0.2, -0.15) is 8.78 Å². The number of hydrogen-bond donors (Lipinski definition) is 0. The Hall–Kier alpha value is -1.17. The molecule has 0 unspecified atom stereocenters. The number of benzene rings is 1. The smallest absolute Gasteiger partial charge is 0.387 e. The van der Waals surface area contributed by atoms with Crippen LogP contribution in [0.15, 0.2) is 24.3 Å². The molecule has 1 aromatic carbocycles. The van der Waals surface area contributed by atoms with Crippen LogP contribution in [0.4, 0.5) is 8.78 Å². The van der Waals surface area contributed by atoms with E-state index in [2.05, 4.69) is 20.7 Å². The topological polar surface area (TPSA) is 29.5 Å². The third-order valence-electron chi connectivity index (χ3n) is 2.30. The first kappa shape index (κ1) is 14.9. The van der Waals surface area contributed by atoms with Crippen LogP contribution in [0.2, 0.25) is 0 Å². The molecule has 6 heteroatoms. The molecule has 0 aliphatic carbocycles. The Kier molecular flexibility index (Phi) is 6.04. The van der Waals surface area contributed by atoms with E-state index in [1.165, 1.54) is 12.1 Å². The van der Waals surface area contributed by atoms with Gasteiger partial charge in [-0.3, -0.25) is 4.79 Å². The first-order valence-corrected chi connectivity index (χ1v) is 6.48. The molecule has 1 aromatic rings. The zero-order valence-corrected chi connectivity index (χ0v) is 11.5. The van der Waals surface area contributed by atoms with E-state index in [-0.39, 0.29) is 11.7 Å². The van der Waals surface area contributed by atoms with Crippen LogP contribution in [0.1, 0.15) is 12.0 Å². The van der Waals surface area contributed by atoms with Gasteiger partial charge in [0.2, 0.25) is 5.91 Å². The van der Waals surface area contributed by atoms with E-state index in [0.717, 1.165) is 5.56 Å². The molecule has 0 saturated heterocycles. The number of rotatable bonds is 6. The SMILES string of the molecule is CN(Cc1ccc(OC(F)F)cc1)C(=O)CCBr. The normalized spacial score (nSPS) is 10.5. The summed E-state index contributed by atoms with van der Waals surface area (Å²) < 4.78 is 28.1. The molecule has 0 aromatic heterocycles. The lowest BCUT2D eigenvalue weighted by Crippen LogP contribution is -2.26. The summed E-state index contributed by atoms with van der Waals surface area (Å²) in [7, 11) is 1.70. The molecule has 0 N–H and O–H groups in total. The average molecular weight is 322 g/mol. The van der Waals surface area contributed by atoms with Gasteiger partial charge in [0.1, 0.15) is 5.75 Å². The molecule has 0 fully saturated rings. The molecule has 0 aliphatic rings. The van der Waals surface area contributed by atoms with Gasteiger partial charge in [0.25, 0.3) is 0 Å². The van der Waals surface area contributed by atoms with Crippen molar-refractivity contribution in [3.8, 4) is 5.75 Å². The van der Waals surface area contributed by atoms with Crippen molar-refractivity contribution in [2.75, 3.05) is 12.4 Å². The molecule has 0 atom stereocenters. The second-order valence-corrected chi connectivity index (χ2v) is 4.50. The van der Waals surface area contributed by atoms with E-state index in [4.69, 9.17) is 0 Å². The molecule has 18 heavy (non-hydrogen) atoms. The number of carbonyl (C=O) groups excluding carboxylic acids is 1. The van der Waals surface area contributed by atoms with E-state index >= 15 is 0 Å². The van der Waals surface area contributed by atoms with Gasteiger partial charge in [0.15, 0.2) is 0 Å². The fourth-order valence-corrected chi connectivity index (χ4v) is 1.75. The maximum Gasteiger partial charge on any atom is 0.387 e. The quantitative estimate of drug-likeness (QED) is 0.754. The summed E-state index contributed by atoms with van der Waals surface area (Å²) in [6.07, 6.45) is 0.434. The highest BCUT2D eigenvalue weighted by molar-refractivity contribution is 9.09. The molecule has 0 aliphatic heterocycles. The van der Waals surface area contributed by atoms with Crippen molar-refractivity contribution in [1.29, 1.82) is 0 Å². The third-order valence-corrected chi connectivity index (χ3v) is 2.70. The Balaban J connectivity index is 2.55. The number of alkyl halides is 3. The van der Waals surface area contributed by atoms with Crippen molar-refractivity contribution in [1.82, 2.24) is 4.90 Å². The molecule has 0 spiro atoms. The van der Waals surface area contributed by atoms with Crippen molar-refractivity contribution in [3.63, 3.8) is 0 Å². The molecule has 0 saturated carbocycles. The summed E-state index contributed by atoms with van der Waals surface area (Å²) in [5, 5.41) is 0.622. The molecular weight excluding hydrogens is 308 g/mol. The van der Waals surface area contributed by atoms with Crippen LogP contribution >= 0.6 is 15.9 Å². The molecule has 3 nitrogen and oxygen atoms in total. The van der Waals surface area contributed by atoms with Crippen LogP contribution in [0.25, 0.3) is 0 Å². The fraction of sp³-hybridized carbons (Fsp3) is 0.417. The number of halogens is 3. The Labute approximate surface area is 113 Å². The maximum atomic E-state index is 11.9. The number of ether oxygens (including phenoxy) is 1. The fourth-order valence-electron chi connectivity index (χ4n) is 1.41. The first-order valence-electron chi connectivity index (χ1n) is 5.36. The lowest BCUT2D eigenvalue weighted by Gasteiger charge is -2.17. The lowest BCUT2D eigenvalue weighted by atomic mass is 10.2. The number of carbonyl (C=O) groups is 1. The van der Waals surface area contributed by atoms with Gasteiger partial charge >= 0.3 is 6.61 Å². The minimum atomic E-state index is -2.82. The summed E-state index contributed by atoms with van der Waals surface area (Å²) in [6.45, 7) is -2.38. The molecule has 100 valence electrons. The van der Waals surface area contributed by atoms with Gasteiger partial charge in [-0.1, -0.05) is 28.1 Å². The van der Waals surface area contributed by atoms with Gasteiger partial charge < -0.3 is 9.64 Å². The minimum Gasteiger partial charge on any atom is -0.435 e. The standard InChI is InChI=1S/C12H14BrF2NO2/c1-16(11(17)6-7-13)8-9-2-4-10(5-3-9)18-12(14)15/h2-5,12H,6-8H2,1H3. The number of hydrogen-bond acceptors (Lipinski definition) is 2. The Morgan fingerprint density at radius 2 is 2.00 bits per heavy atom. The van der Waals surface area contributed by atoms with Crippen LogP contribution in [0, 0.1) is 0 Å². The van der Waals surface area contributed by atoms with Gasteiger partial charge in [-0.05, 0) is 17.7 Å². The minimum absolute atomic E-state index is 0.0276. The van der Waals surface area contributed by atoms with E-state index in [1.54, 1.807) is 24.1 Å². The average Bonchev–Trinajstić information content (AvgIpc) is 2.31. The highest BCUT2D eigenvalue weighted by Crippen LogP contribution is 2.15. The molecule has 0 heterocycles. The Morgan fingerprint density at radius 1 is 1.39 bits per heavy atom. The Bertz CT molecular complexity index is 384. The number of amides is 1. The monoisotopic (exact) mass is 321 g/mol. The third kappa shape index (κ3) is 5.00. The van der Waals surface area contributed by atoms with E-state index in [0.29, 0.717) is 18.3 Å². The summed E-state index contributed by atoms with van der Waals surface area (Å²) in [5.41, 5.74) is 0.863. The predicted octanol–water partition coefficient (Wildman–Crippen LogP) is 3.03. The summed E-state index contributed by atoms with van der Waals surface area (Å²) in [4.78, 5) is 13.1. The second-order valence-electron chi connectivity index (χ2n) is 3.71. The van der Waals surface area contributed by atoms with Crippen molar-refractivity contribution in [2.24, 2.45) is 0 Å². The first-order chi connectivity index (χ1) is 8.52. The summed E-state index contributed by atoms with van der Waals surface area (Å²) in [6, 6.07) is 6.25.